The Hall–Kier alpha value is -1.60. The number of benzene rings is 1. The first-order valence-corrected chi connectivity index (χ1v) is 5.16. The minimum atomic E-state index is -3.95. The van der Waals surface area contributed by atoms with Gasteiger partial charge in [0.2, 0.25) is 0 Å². The van der Waals surface area contributed by atoms with Gasteiger partial charge in [-0.3, -0.25) is 4.18 Å². The average molecular weight is 232 g/mol. The van der Waals surface area contributed by atoms with Crippen LogP contribution in [0.4, 0.5) is 0 Å². The summed E-state index contributed by atoms with van der Waals surface area (Å²) in [7, 11) is -2.98. The molecule has 82 valence electrons. The number of aromatic hydroxyl groups is 1. The van der Waals surface area contributed by atoms with Gasteiger partial charge in [0.05, 0.1) is 12.0 Å². The van der Waals surface area contributed by atoms with Crippen LogP contribution in [0.15, 0.2) is 23.1 Å². The van der Waals surface area contributed by atoms with Crippen LogP contribution in [0.2, 0.25) is 0 Å². The third-order valence-corrected chi connectivity index (χ3v) is 2.98. The number of aromatic carboxylic acids is 1. The molecule has 0 fully saturated rings. The predicted octanol–water partition coefficient (Wildman–Crippen LogP) is 0.426. The average Bonchev–Trinajstić information content (AvgIpc) is 2.17. The SMILES string of the molecule is COS(=O)(=O)c1ccc(O)c(C(=O)O)c1. The van der Waals surface area contributed by atoms with Gasteiger partial charge in [0.25, 0.3) is 10.1 Å². The Morgan fingerprint density at radius 1 is 1.40 bits per heavy atom. The molecule has 6 nitrogen and oxygen atoms in total. The Morgan fingerprint density at radius 2 is 2.00 bits per heavy atom. The number of carbonyl (C=O) groups is 1. The molecule has 0 atom stereocenters. The molecule has 1 aromatic rings. The Morgan fingerprint density at radius 3 is 2.47 bits per heavy atom. The Kier molecular flexibility index (Phi) is 2.96. The van der Waals surface area contributed by atoms with Gasteiger partial charge in [0, 0.05) is 0 Å². The molecule has 0 unspecified atom stereocenters. The highest BCUT2D eigenvalue weighted by Crippen LogP contribution is 2.22. The van der Waals surface area contributed by atoms with Crippen molar-refractivity contribution in [2.45, 2.75) is 4.90 Å². The molecule has 0 aliphatic heterocycles. The normalized spacial score (nSPS) is 11.3. The molecule has 2 N–H and O–H groups in total. The first-order chi connectivity index (χ1) is 6.88. The fraction of sp³-hybridized carbons (Fsp3) is 0.125. The van der Waals surface area contributed by atoms with E-state index in [-0.39, 0.29) is 4.90 Å². The molecule has 1 aromatic carbocycles. The topological polar surface area (TPSA) is 101 Å². The van der Waals surface area contributed by atoms with Crippen molar-refractivity contribution >= 4 is 16.1 Å². The third kappa shape index (κ3) is 2.25. The maximum atomic E-state index is 11.2. The molecule has 0 saturated carbocycles. The number of phenols is 1. The summed E-state index contributed by atoms with van der Waals surface area (Å²) in [6, 6.07) is 2.87. The molecule has 0 saturated heterocycles. The van der Waals surface area contributed by atoms with Gasteiger partial charge in [0.1, 0.15) is 11.3 Å². The monoisotopic (exact) mass is 232 g/mol. The molecule has 15 heavy (non-hydrogen) atoms. The van der Waals surface area contributed by atoms with E-state index in [2.05, 4.69) is 4.18 Å². The molecule has 0 bridgehead atoms. The van der Waals surface area contributed by atoms with E-state index in [1.54, 1.807) is 0 Å². The zero-order chi connectivity index (χ0) is 11.6. The van der Waals surface area contributed by atoms with Crippen LogP contribution in [0, 0.1) is 0 Å². The molecule has 0 aliphatic rings. The van der Waals surface area contributed by atoms with Crippen LogP contribution in [0.1, 0.15) is 10.4 Å². The highest BCUT2D eigenvalue weighted by Gasteiger charge is 2.18. The summed E-state index contributed by atoms with van der Waals surface area (Å²) < 4.78 is 26.6. The standard InChI is InChI=1S/C8H8O6S/c1-14-15(12,13)5-2-3-7(9)6(4-5)8(10)11/h2-4,9H,1H3,(H,10,11). The van der Waals surface area contributed by atoms with Crippen molar-refractivity contribution in [1.29, 1.82) is 0 Å². The Labute approximate surface area is 85.9 Å². The van der Waals surface area contributed by atoms with E-state index in [9.17, 15) is 13.2 Å². The number of hydrogen-bond acceptors (Lipinski definition) is 5. The second-order valence-electron chi connectivity index (χ2n) is 2.60. The molecule has 0 heterocycles. The van der Waals surface area contributed by atoms with Gasteiger partial charge in [-0.25, -0.2) is 4.79 Å². The van der Waals surface area contributed by atoms with E-state index >= 15 is 0 Å². The lowest BCUT2D eigenvalue weighted by Gasteiger charge is -2.03. The van der Waals surface area contributed by atoms with E-state index < -0.39 is 27.4 Å². The van der Waals surface area contributed by atoms with Crippen molar-refractivity contribution < 1.29 is 27.6 Å². The second-order valence-corrected chi connectivity index (χ2v) is 4.32. The largest absolute Gasteiger partial charge is 0.507 e. The highest BCUT2D eigenvalue weighted by atomic mass is 32.2. The van der Waals surface area contributed by atoms with E-state index in [0.29, 0.717) is 0 Å². The molecular formula is C8H8O6S. The smallest absolute Gasteiger partial charge is 0.339 e. The van der Waals surface area contributed by atoms with Crippen LogP contribution in [0.5, 0.6) is 5.75 Å². The summed E-state index contributed by atoms with van der Waals surface area (Å²) in [4.78, 5) is 10.3. The minimum absolute atomic E-state index is 0.319. The van der Waals surface area contributed by atoms with E-state index in [0.717, 1.165) is 25.3 Å². The first-order valence-electron chi connectivity index (χ1n) is 3.75. The number of hydrogen-bond donors (Lipinski definition) is 2. The lowest BCUT2D eigenvalue weighted by molar-refractivity contribution is 0.0693. The molecule has 0 aromatic heterocycles. The minimum Gasteiger partial charge on any atom is -0.507 e. The fourth-order valence-electron chi connectivity index (χ4n) is 0.938. The van der Waals surface area contributed by atoms with Gasteiger partial charge in [-0.05, 0) is 18.2 Å². The van der Waals surface area contributed by atoms with Crippen LogP contribution in [0.3, 0.4) is 0 Å². The van der Waals surface area contributed by atoms with Crippen LogP contribution < -0.4 is 0 Å². The number of carboxylic acid groups (broad SMARTS) is 1. The van der Waals surface area contributed by atoms with Crippen molar-refractivity contribution in [1.82, 2.24) is 0 Å². The van der Waals surface area contributed by atoms with Crippen LogP contribution in [-0.2, 0) is 14.3 Å². The van der Waals surface area contributed by atoms with Crippen molar-refractivity contribution in [3.05, 3.63) is 23.8 Å². The second kappa shape index (κ2) is 3.87. The lowest BCUT2D eigenvalue weighted by Crippen LogP contribution is -2.05. The van der Waals surface area contributed by atoms with Crippen LogP contribution in [0.25, 0.3) is 0 Å². The first kappa shape index (κ1) is 11.5. The molecule has 1 rings (SSSR count). The van der Waals surface area contributed by atoms with Gasteiger partial charge in [-0.15, -0.1) is 0 Å². The zero-order valence-corrected chi connectivity index (χ0v) is 8.48. The summed E-state index contributed by atoms with van der Waals surface area (Å²) in [5.74, 6) is -1.92. The summed E-state index contributed by atoms with van der Waals surface area (Å²) in [6.07, 6.45) is 0. The number of carboxylic acids is 1. The van der Waals surface area contributed by atoms with Crippen molar-refractivity contribution in [2.75, 3.05) is 7.11 Å². The van der Waals surface area contributed by atoms with Gasteiger partial charge < -0.3 is 10.2 Å². The summed E-state index contributed by atoms with van der Waals surface area (Å²) in [6.45, 7) is 0. The molecule has 0 radical (unpaired) electrons. The lowest BCUT2D eigenvalue weighted by atomic mass is 10.2. The van der Waals surface area contributed by atoms with Crippen molar-refractivity contribution in [2.24, 2.45) is 0 Å². The van der Waals surface area contributed by atoms with E-state index in [4.69, 9.17) is 10.2 Å². The fourth-order valence-corrected chi connectivity index (χ4v) is 1.63. The molecule has 0 spiro atoms. The van der Waals surface area contributed by atoms with Crippen molar-refractivity contribution in [3.63, 3.8) is 0 Å². The summed E-state index contributed by atoms with van der Waals surface area (Å²) in [5.41, 5.74) is -0.492. The Bertz CT molecular complexity index is 490. The van der Waals surface area contributed by atoms with Crippen LogP contribution in [-0.4, -0.2) is 31.7 Å². The predicted molar refractivity (Wildman–Crippen MR) is 49.3 cm³/mol. The third-order valence-electron chi connectivity index (χ3n) is 1.71. The zero-order valence-electron chi connectivity index (χ0n) is 7.67. The van der Waals surface area contributed by atoms with Crippen LogP contribution >= 0.6 is 0 Å². The molecule has 0 amide bonds. The number of rotatable bonds is 3. The highest BCUT2D eigenvalue weighted by molar-refractivity contribution is 7.86. The van der Waals surface area contributed by atoms with Gasteiger partial charge in [-0.1, -0.05) is 0 Å². The summed E-state index contributed by atoms with van der Waals surface area (Å²) in [5, 5.41) is 17.8. The van der Waals surface area contributed by atoms with Gasteiger partial charge in [0.15, 0.2) is 0 Å². The van der Waals surface area contributed by atoms with Crippen molar-refractivity contribution in [3.8, 4) is 5.75 Å². The molecule has 0 aliphatic carbocycles. The quantitative estimate of drug-likeness (QED) is 0.732. The van der Waals surface area contributed by atoms with Gasteiger partial charge in [-0.2, -0.15) is 8.42 Å². The summed E-state index contributed by atoms with van der Waals surface area (Å²) >= 11 is 0. The molecule has 7 heteroatoms. The maximum absolute atomic E-state index is 11.2. The maximum Gasteiger partial charge on any atom is 0.339 e. The van der Waals surface area contributed by atoms with E-state index in [1.807, 2.05) is 0 Å². The Balaban J connectivity index is 3.38. The molecular weight excluding hydrogens is 224 g/mol. The van der Waals surface area contributed by atoms with E-state index in [1.165, 1.54) is 0 Å². The van der Waals surface area contributed by atoms with Gasteiger partial charge >= 0.3 is 5.97 Å².